The van der Waals surface area contributed by atoms with Crippen molar-refractivity contribution in [3.05, 3.63) is 65.7 Å². The molecule has 3 rings (SSSR count). The van der Waals surface area contributed by atoms with E-state index in [-0.39, 0.29) is 0 Å². The van der Waals surface area contributed by atoms with Crippen LogP contribution in [0, 0.1) is 0 Å². The number of benzene rings is 2. The molecule has 1 saturated heterocycles. The summed E-state index contributed by atoms with van der Waals surface area (Å²) in [5.74, 6) is -0.896. The second kappa shape index (κ2) is 7.29. The third kappa shape index (κ3) is 3.90. The third-order valence-electron chi connectivity index (χ3n) is 4.37. The van der Waals surface area contributed by atoms with E-state index in [0.29, 0.717) is 11.6 Å². The molecule has 0 saturated carbocycles. The molecule has 1 aliphatic heterocycles. The zero-order valence-corrected chi connectivity index (χ0v) is 13.1. The third-order valence-corrected chi connectivity index (χ3v) is 4.37. The van der Waals surface area contributed by atoms with E-state index >= 15 is 0 Å². The van der Waals surface area contributed by atoms with Crippen LogP contribution in [0.5, 0.6) is 0 Å². The maximum Gasteiger partial charge on any atom is 0.335 e. The van der Waals surface area contributed by atoms with Crippen molar-refractivity contribution >= 4 is 11.7 Å². The number of anilines is 1. The SMILES string of the molecule is O=C(O)c1cccc(NCC(c2ccccc2)N2CCCC2)c1. The van der Waals surface area contributed by atoms with E-state index in [1.165, 1.54) is 18.4 Å². The average Bonchev–Trinajstić information content (AvgIpc) is 3.11. The number of nitrogens with zero attached hydrogens (tertiary/aromatic N) is 1. The van der Waals surface area contributed by atoms with E-state index in [1.54, 1.807) is 18.2 Å². The number of hydrogen-bond acceptors (Lipinski definition) is 3. The molecule has 1 unspecified atom stereocenters. The number of nitrogens with one attached hydrogen (secondary N) is 1. The molecule has 4 nitrogen and oxygen atoms in total. The van der Waals surface area contributed by atoms with Gasteiger partial charge in [-0.25, -0.2) is 4.79 Å². The summed E-state index contributed by atoms with van der Waals surface area (Å²) in [5, 5.41) is 12.5. The molecule has 1 heterocycles. The maximum absolute atomic E-state index is 11.1. The number of hydrogen-bond donors (Lipinski definition) is 2. The smallest absolute Gasteiger partial charge is 0.335 e. The van der Waals surface area contributed by atoms with Crippen LogP contribution in [0.3, 0.4) is 0 Å². The summed E-state index contributed by atoms with van der Waals surface area (Å²) in [5.41, 5.74) is 2.47. The number of aromatic carboxylic acids is 1. The molecule has 4 heteroatoms. The van der Waals surface area contributed by atoms with Crippen molar-refractivity contribution in [3.8, 4) is 0 Å². The van der Waals surface area contributed by atoms with Crippen molar-refractivity contribution in [2.45, 2.75) is 18.9 Å². The quantitative estimate of drug-likeness (QED) is 0.855. The van der Waals surface area contributed by atoms with Gasteiger partial charge in [-0.05, 0) is 49.7 Å². The van der Waals surface area contributed by atoms with Crippen molar-refractivity contribution in [3.63, 3.8) is 0 Å². The first-order valence-electron chi connectivity index (χ1n) is 8.10. The highest BCUT2D eigenvalue weighted by Gasteiger charge is 2.23. The van der Waals surface area contributed by atoms with Gasteiger partial charge in [0.05, 0.1) is 11.6 Å². The standard InChI is InChI=1S/C19H22N2O2/c22-19(23)16-9-6-10-17(13-16)20-14-18(21-11-4-5-12-21)15-7-2-1-3-8-15/h1-3,6-10,13,18,20H,4-5,11-12,14H2,(H,22,23). The van der Waals surface area contributed by atoms with Crippen LogP contribution in [0.25, 0.3) is 0 Å². The van der Waals surface area contributed by atoms with Gasteiger partial charge in [0.25, 0.3) is 0 Å². The van der Waals surface area contributed by atoms with Crippen molar-refractivity contribution in [1.82, 2.24) is 4.90 Å². The van der Waals surface area contributed by atoms with Gasteiger partial charge in [0, 0.05) is 12.2 Å². The highest BCUT2D eigenvalue weighted by molar-refractivity contribution is 5.88. The van der Waals surface area contributed by atoms with Gasteiger partial charge >= 0.3 is 5.97 Å². The van der Waals surface area contributed by atoms with Crippen LogP contribution in [0.2, 0.25) is 0 Å². The Hall–Kier alpha value is -2.33. The van der Waals surface area contributed by atoms with Gasteiger partial charge < -0.3 is 10.4 Å². The highest BCUT2D eigenvalue weighted by Crippen LogP contribution is 2.25. The van der Waals surface area contributed by atoms with Gasteiger partial charge in [-0.3, -0.25) is 4.90 Å². The lowest BCUT2D eigenvalue weighted by Gasteiger charge is -2.28. The Balaban J connectivity index is 1.74. The van der Waals surface area contributed by atoms with Gasteiger partial charge in [0.2, 0.25) is 0 Å². The Morgan fingerprint density at radius 2 is 1.83 bits per heavy atom. The van der Waals surface area contributed by atoms with Crippen molar-refractivity contribution in [2.24, 2.45) is 0 Å². The summed E-state index contributed by atoms with van der Waals surface area (Å²) < 4.78 is 0. The Bertz CT molecular complexity index is 651. The topological polar surface area (TPSA) is 52.6 Å². The van der Waals surface area contributed by atoms with Crippen molar-refractivity contribution < 1.29 is 9.90 Å². The summed E-state index contributed by atoms with van der Waals surface area (Å²) in [7, 11) is 0. The Morgan fingerprint density at radius 3 is 2.52 bits per heavy atom. The summed E-state index contributed by atoms with van der Waals surface area (Å²) in [6.45, 7) is 3.01. The predicted octanol–water partition coefficient (Wildman–Crippen LogP) is 3.63. The van der Waals surface area contributed by atoms with Gasteiger partial charge in [-0.15, -0.1) is 0 Å². The molecule has 0 spiro atoms. The number of rotatable bonds is 6. The summed E-state index contributed by atoms with van der Waals surface area (Å²) in [6.07, 6.45) is 2.50. The largest absolute Gasteiger partial charge is 0.478 e. The van der Waals surface area contributed by atoms with Crippen LogP contribution in [0.15, 0.2) is 54.6 Å². The van der Waals surface area contributed by atoms with Crippen LogP contribution >= 0.6 is 0 Å². The van der Waals surface area contributed by atoms with E-state index in [4.69, 9.17) is 5.11 Å². The molecule has 0 aromatic heterocycles. The predicted molar refractivity (Wildman–Crippen MR) is 91.9 cm³/mol. The summed E-state index contributed by atoms with van der Waals surface area (Å²) in [6, 6.07) is 17.8. The van der Waals surface area contributed by atoms with Crippen LogP contribution < -0.4 is 5.32 Å². The van der Waals surface area contributed by atoms with Crippen LogP contribution in [-0.2, 0) is 0 Å². The molecule has 120 valence electrons. The molecule has 2 N–H and O–H groups in total. The fourth-order valence-electron chi connectivity index (χ4n) is 3.16. The Morgan fingerprint density at radius 1 is 1.09 bits per heavy atom. The normalized spacial score (nSPS) is 16.2. The van der Waals surface area contributed by atoms with Gasteiger partial charge in [0.1, 0.15) is 0 Å². The first kappa shape index (κ1) is 15.6. The minimum Gasteiger partial charge on any atom is -0.478 e. The molecule has 0 radical (unpaired) electrons. The molecular formula is C19H22N2O2. The molecule has 0 aliphatic carbocycles. The average molecular weight is 310 g/mol. The zero-order valence-electron chi connectivity index (χ0n) is 13.1. The molecular weight excluding hydrogens is 288 g/mol. The maximum atomic E-state index is 11.1. The lowest BCUT2D eigenvalue weighted by Crippen LogP contribution is -2.31. The fourth-order valence-corrected chi connectivity index (χ4v) is 3.16. The van der Waals surface area contributed by atoms with Crippen LogP contribution in [0.1, 0.15) is 34.8 Å². The lowest BCUT2D eigenvalue weighted by molar-refractivity contribution is 0.0697. The molecule has 1 aliphatic rings. The van der Waals surface area contributed by atoms with E-state index in [9.17, 15) is 4.79 Å². The molecule has 2 aromatic carbocycles. The highest BCUT2D eigenvalue weighted by atomic mass is 16.4. The fraction of sp³-hybridized carbons (Fsp3) is 0.316. The molecule has 0 amide bonds. The monoisotopic (exact) mass is 310 g/mol. The Kier molecular flexibility index (Phi) is 4.93. The second-order valence-electron chi connectivity index (χ2n) is 5.94. The van der Waals surface area contributed by atoms with E-state index in [1.807, 2.05) is 12.1 Å². The lowest BCUT2D eigenvalue weighted by atomic mass is 10.1. The second-order valence-corrected chi connectivity index (χ2v) is 5.94. The van der Waals surface area contributed by atoms with Gasteiger partial charge in [-0.1, -0.05) is 36.4 Å². The molecule has 1 fully saturated rings. The summed E-state index contributed by atoms with van der Waals surface area (Å²) >= 11 is 0. The number of likely N-dealkylation sites (tertiary alicyclic amines) is 1. The number of carboxylic acid groups (broad SMARTS) is 1. The van der Waals surface area contributed by atoms with Crippen LogP contribution in [0.4, 0.5) is 5.69 Å². The molecule has 0 bridgehead atoms. The van der Waals surface area contributed by atoms with Gasteiger partial charge in [-0.2, -0.15) is 0 Å². The van der Waals surface area contributed by atoms with E-state index in [0.717, 1.165) is 25.3 Å². The Labute approximate surface area is 136 Å². The van der Waals surface area contributed by atoms with Crippen LogP contribution in [-0.4, -0.2) is 35.6 Å². The number of carboxylic acids is 1. The first-order chi connectivity index (χ1) is 11.2. The van der Waals surface area contributed by atoms with Crippen molar-refractivity contribution in [1.29, 1.82) is 0 Å². The molecule has 23 heavy (non-hydrogen) atoms. The van der Waals surface area contributed by atoms with E-state index < -0.39 is 5.97 Å². The molecule has 1 atom stereocenters. The summed E-state index contributed by atoms with van der Waals surface area (Å²) in [4.78, 5) is 13.6. The zero-order chi connectivity index (χ0) is 16.1. The van der Waals surface area contributed by atoms with Crippen molar-refractivity contribution in [2.75, 3.05) is 25.0 Å². The number of carbonyl (C=O) groups is 1. The minimum atomic E-state index is -0.896. The van der Waals surface area contributed by atoms with Gasteiger partial charge in [0.15, 0.2) is 0 Å². The minimum absolute atomic E-state index is 0.312. The first-order valence-corrected chi connectivity index (χ1v) is 8.10. The molecule has 2 aromatic rings. The van der Waals surface area contributed by atoms with E-state index in [2.05, 4.69) is 34.5 Å².